The highest BCUT2D eigenvalue weighted by molar-refractivity contribution is 5.81. The smallest absolute Gasteiger partial charge is 0.332 e. The largest absolute Gasteiger partial charge is 0.493 e. The second kappa shape index (κ2) is 8.35. The molecule has 0 spiro atoms. The summed E-state index contributed by atoms with van der Waals surface area (Å²) < 4.78 is 12.6. The first kappa shape index (κ1) is 21.6. The van der Waals surface area contributed by atoms with Crippen LogP contribution in [-0.2, 0) is 20.6 Å². The van der Waals surface area contributed by atoms with Gasteiger partial charge in [-0.1, -0.05) is 0 Å². The van der Waals surface area contributed by atoms with Gasteiger partial charge in [-0.2, -0.15) is 5.26 Å². The standard InChI is InChI=1S/C20H22N6O5/c1-6-26(18-12(9-21)19(28)25(3)20(29)24(18)2)10-16-22-13-8-15(31-5)14(30-4)7-11(13)17(27)23-16/h7-8H,6,10H2,1-5H3,(H,22,23,27). The molecule has 0 bridgehead atoms. The maximum absolute atomic E-state index is 12.6. The zero-order chi connectivity index (χ0) is 22.9. The molecule has 3 aromatic rings. The molecule has 1 N–H and O–H groups in total. The van der Waals surface area contributed by atoms with Gasteiger partial charge >= 0.3 is 5.69 Å². The Balaban J connectivity index is 2.16. The monoisotopic (exact) mass is 426 g/mol. The maximum atomic E-state index is 12.6. The molecule has 11 heteroatoms. The summed E-state index contributed by atoms with van der Waals surface area (Å²) in [6.07, 6.45) is 0. The molecular formula is C20H22N6O5. The lowest BCUT2D eigenvalue weighted by molar-refractivity contribution is 0.355. The molecule has 3 rings (SSSR count). The number of methoxy groups -OCH3 is 2. The van der Waals surface area contributed by atoms with Crippen LogP contribution in [0.4, 0.5) is 5.82 Å². The van der Waals surface area contributed by atoms with Crippen molar-refractivity contribution < 1.29 is 9.47 Å². The molecule has 0 aliphatic rings. The number of nitriles is 1. The highest BCUT2D eigenvalue weighted by Crippen LogP contribution is 2.30. The predicted molar refractivity (Wildman–Crippen MR) is 114 cm³/mol. The minimum absolute atomic E-state index is 0.0607. The molecular weight excluding hydrogens is 404 g/mol. The molecule has 1 aromatic carbocycles. The first-order valence-electron chi connectivity index (χ1n) is 9.37. The highest BCUT2D eigenvalue weighted by atomic mass is 16.5. The van der Waals surface area contributed by atoms with Crippen LogP contribution < -0.4 is 31.2 Å². The van der Waals surface area contributed by atoms with E-state index < -0.39 is 11.2 Å². The van der Waals surface area contributed by atoms with E-state index >= 15 is 0 Å². The number of anilines is 1. The SMILES string of the molecule is CCN(Cc1nc2cc(OC)c(OC)cc2c(=O)[nH]1)c1c(C#N)c(=O)n(C)c(=O)n1C. The van der Waals surface area contributed by atoms with Gasteiger partial charge in [-0.3, -0.25) is 18.7 Å². The van der Waals surface area contributed by atoms with Crippen molar-refractivity contribution in [2.24, 2.45) is 14.1 Å². The third kappa shape index (κ3) is 3.63. The van der Waals surface area contributed by atoms with Gasteiger partial charge in [0, 0.05) is 26.7 Å². The lowest BCUT2D eigenvalue weighted by Crippen LogP contribution is -2.42. The van der Waals surface area contributed by atoms with E-state index in [0.29, 0.717) is 34.8 Å². The van der Waals surface area contributed by atoms with Crippen LogP contribution in [0.15, 0.2) is 26.5 Å². The third-order valence-electron chi connectivity index (χ3n) is 5.03. The van der Waals surface area contributed by atoms with Crippen LogP contribution in [0.1, 0.15) is 18.3 Å². The Morgan fingerprint density at radius 2 is 1.77 bits per heavy atom. The summed E-state index contributed by atoms with van der Waals surface area (Å²) in [6, 6.07) is 5.02. The summed E-state index contributed by atoms with van der Waals surface area (Å²) in [4.78, 5) is 46.3. The van der Waals surface area contributed by atoms with Crippen LogP contribution in [0.25, 0.3) is 10.9 Å². The zero-order valence-corrected chi connectivity index (χ0v) is 17.8. The molecule has 0 unspecified atom stereocenters. The molecule has 162 valence electrons. The van der Waals surface area contributed by atoms with E-state index in [9.17, 15) is 19.6 Å². The normalized spacial score (nSPS) is 10.7. The lowest BCUT2D eigenvalue weighted by Gasteiger charge is -2.25. The van der Waals surface area contributed by atoms with Gasteiger partial charge in [0.15, 0.2) is 17.1 Å². The van der Waals surface area contributed by atoms with Crippen molar-refractivity contribution in [2.45, 2.75) is 13.5 Å². The average molecular weight is 426 g/mol. The van der Waals surface area contributed by atoms with Crippen LogP contribution in [0.3, 0.4) is 0 Å². The number of nitrogens with zero attached hydrogens (tertiary/aromatic N) is 5. The Hall–Kier alpha value is -4.07. The zero-order valence-electron chi connectivity index (χ0n) is 17.8. The van der Waals surface area contributed by atoms with Crippen molar-refractivity contribution in [3.05, 3.63) is 54.7 Å². The fourth-order valence-electron chi connectivity index (χ4n) is 3.41. The Morgan fingerprint density at radius 3 is 2.35 bits per heavy atom. The summed E-state index contributed by atoms with van der Waals surface area (Å²) in [6.45, 7) is 2.21. The second-order valence-corrected chi connectivity index (χ2v) is 6.77. The van der Waals surface area contributed by atoms with Crippen LogP contribution in [0, 0.1) is 11.3 Å². The van der Waals surface area contributed by atoms with Crippen LogP contribution in [0.2, 0.25) is 0 Å². The minimum atomic E-state index is -0.684. The lowest BCUT2D eigenvalue weighted by atomic mass is 10.2. The van der Waals surface area contributed by atoms with Gasteiger partial charge in [0.1, 0.15) is 17.7 Å². The first-order chi connectivity index (χ1) is 14.8. The number of benzene rings is 1. The maximum Gasteiger partial charge on any atom is 0.332 e. The fourth-order valence-corrected chi connectivity index (χ4v) is 3.41. The highest BCUT2D eigenvalue weighted by Gasteiger charge is 2.21. The van der Waals surface area contributed by atoms with Crippen molar-refractivity contribution in [3.63, 3.8) is 0 Å². The topological polar surface area (TPSA) is 135 Å². The van der Waals surface area contributed by atoms with E-state index in [-0.39, 0.29) is 23.5 Å². The van der Waals surface area contributed by atoms with E-state index in [1.165, 1.54) is 32.9 Å². The number of hydrogen-bond donors (Lipinski definition) is 1. The number of H-pyrrole nitrogens is 1. The summed E-state index contributed by atoms with van der Waals surface area (Å²) >= 11 is 0. The molecule has 0 atom stereocenters. The molecule has 2 heterocycles. The van der Waals surface area contributed by atoms with Crippen molar-refractivity contribution in [1.29, 1.82) is 5.26 Å². The van der Waals surface area contributed by atoms with Crippen molar-refractivity contribution >= 4 is 16.7 Å². The molecule has 11 nitrogen and oxygen atoms in total. The van der Waals surface area contributed by atoms with E-state index in [2.05, 4.69) is 9.97 Å². The molecule has 2 aromatic heterocycles. The Bertz CT molecular complexity index is 1380. The average Bonchev–Trinajstić information content (AvgIpc) is 2.77. The molecule has 0 amide bonds. The van der Waals surface area contributed by atoms with Crippen LogP contribution in [-0.4, -0.2) is 39.9 Å². The Labute approximate surface area is 176 Å². The third-order valence-corrected chi connectivity index (χ3v) is 5.03. The van der Waals surface area contributed by atoms with Gasteiger partial charge in [-0.15, -0.1) is 0 Å². The molecule has 0 aliphatic carbocycles. The van der Waals surface area contributed by atoms with E-state index in [0.717, 1.165) is 4.57 Å². The van der Waals surface area contributed by atoms with Gasteiger partial charge in [-0.25, -0.2) is 9.78 Å². The van der Waals surface area contributed by atoms with Crippen molar-refractivity contribution in [2.75, 3.05) is 25.7 Å². The molecule has 0 saturated carbocycles. The summed E-state index contributed by atoms with van der Waals surface area (Å²) in [7, 11) is 5.75. The molecule has 0 aliphatic heterocycles. The predicted octanol–water partition coefficient (Wildman–Crippen LogP) is 0.236. The molecule has 0 fully saturated rings. The Morgan fingerprint density at radius 1 is 1.13 bits per heavy atom. The second-order valence-electron chi connectivity index (χ2n) is 6.77. The van der Waals surface area contributed by atoms with Crippen molar-refractivity contribution in [1.82, 2.24) is 19.1 Å². The number of aromatic nitrogens is 4. The van der Waals surface area contributed by atoms with E-state index in [4.69, 9.17) is 9.47 Å². The minimum Gasteiger partial charge on any atom is -0.493 e. The number of ether oxygens (including phenoxy) is 2. The van der Waals surface area contributed by atoms with E-state index in [1.807, 2.05) is 6.07 Å². The number of hydrogen-bond acceptors (Lipinski definition) is 8. The van der Waals surface area contributed by atoms with Crippen molar-refractivity contribution in [3.8, 4) is 17.6 Å². The first-order valence-corrected chi connectivity index (χ1v) is 9.37. The van der Waals surface area contributed by atoms with Gasteiger partial charge in [0.25, 0.3) is 11.1 Å². The van der Waals surface area contributed by atoms with Gasteiger partial charge in [0.2, 0.25) is 0 Å². The molecule has 0 saturated heterocycles. The van der Waals surface area contributed by atoms with Crippen LogP contribution >= 0.6 is 0 Å². The number of aromatic amines is 1. The molecule has 0 radical (unpaired) electrons. The molecule has 31 heavy (non-hydrogen) atoms. The summed E-state index contributed by atoms with van der Waals surface area (Å²) in [5, 5.41) is 9.86. The quantitative estimate of drug-likeness (QED) is 0.592. The number of nitrogens with one attached hydrogen (secondary N) is 1. The Kier molecular flexibility index (Phi) is 5.83. The van der Waals surface area contributed by atoms with Crippen LogP contribution in [0.5, 0.6) is 11.5 Å². The number of rotatable bonds is 6. The van der Waals surface area contributed by atoms with Gasteiger partial charge in [-0.05, 0) is 13.0 Å². The fraction of sp³-hybridized carbons (Fsp3) is 0.350. The summed E-state index contributed by atoms with van der Waals surface area (Å²) in [5.41, 5.74) is -1.40. The van der Waals surface area contributed by atoms with Gasteiger partial charge in [0.05, 0.1) is 31.7 Å². The summed E-state index contributed by atoms with van der Waals surface area (Å²) in [5.74, 6) is 1.28. The van der Waals surface area contributed by atoms with E-state index in [1.54, 1.807) is 24.0 Å². The van der Waals surface area contributed by atoms with Gasteiger partial charge < -0.3 is 19.4 Å². The number of fused-ring (bicyclic) bond motifs is 1.